The Morgan fingerprint density at radius 2 is 1.82 bits per heavy atom. The van der Waals surface area contributed by atoms with Crippen molar-refractivity contribution < 1.29 is 4.74 Å². The van der Waals surface area contributed by atoms with Gasteiger partial charge in [0.25, 0.3) is 0 Å². The predicted molar refractivity (Wildman–Crippen MR) is 49.8 cm³/mol. The van der Waals surface area contributed by atoms with Crippen LogP contribution < -0.4 is 0 Å². The lowest BCUT2D eigenvalue weighted by molar-refractivity contribution is 0.145. The topological polar surface area (TPSA) is 9.23 Å². The molecule has 0 aliphatic rings. The maximum absolute atomic E-state index is 5.24. The van der Waals surface area contributed by atoms with Crippen LogP contribution in [0.1, 0.15) is 40.5 Å². The third-order valence-electron chi connectivity index (χ3n) is 1.90. The van der Waals surface area contributed by atoms with Gasteiger partial charge in [-0.1, -0.05) is 11.1 Å². The molecule has 0 atom stereocenters. The Labute approximate surface area is 70.4 Å². The van der Waals surface area contributed by atoms with Crippen LogP contribution in [0, 0.1) is 0 Å². The number of rotatable bonds is 5. The first kappa shape index (κ1) is 10.7. The van der Waals surface area contributed by atoms with Gasteiger partial charge < -0.3 is 4.74 Å². The summed E-state index contributed by atoms with van der Waals surface area (Å²) in [7, 11) is 0. The summed E-state index contributed by atoms with van der Waals surface area (Å²) in [6.07, 6.45) is 2.34. The van der Waals surface area contributed by atoms with Crippen molar-refractivity contribution in [2.24, 2.45) is 0 Å². The molecular formula is C10H20O. The first-order chi connectivity index (χ1) is 5.18. The molecule has 0 unspecified atom stereocenters. The van der Waals surface area contributed by atoms with E-state index in [-0.39, 0.29) is 0 Å². The fraction of sp³-hybridized carbons (Fsp3) is 0.800. The third kappa shape index (κ3) is 6.11. The average molecular weight is 156 g/mol. The molecule has 0 aromatic heterocycles. The van der Waals surface area contributed by atoms with Crippen molar-refractivity contribution >= 4 is 0 Å². The molecule has 0 rings (SSSR count). The minimum Gasteiger partial charge on any atom is -0.382 e. The SMILES string of the molecule is CCOCCCC(C)=C(C)C. The normalized spacial score (nSPS) is 9.82. The van der Waals surface area contributed by atoms with Crippen LogP contribution in [0.2, 0.25) is 0 Å². The summed E-state index contributed by atoms with van der Waals surface area (Å²) in [5.74, 6) is 0. The van der Waals surface area contributed by atoms with Gasteiger partial charge in [-0.3, -0.25) is 0 Å². The summed E-state index contributed by atoms with van der Waals surface area (Å²) in [5.41, 5.74) is 2.95. The second kappa shape index (κ2) is 6.41. The molecule has 0 spiro atoms. The molecule has 0 saturated carbocycles. The van der Waals surface area contributed by atoms with Crippen molar-refractivity contribution in [3.05, 3.63) is 11.1 Å². The molecule has 0 fully saturated rings. The van der Waals surface area contributed by atoms with Gasteiger partial charge in [0.1, 0.15) is 0 Å². The maximum Gasteiger partial charge on any atom is 0.0468 e. The van der Waals surface area contributed by atoms with E-state index in [0.717, 1.165) is 19.6 Å². The molecule has 66 valence electrons. The second-order valence-corrected chi connectivity index (χ2v) is 3.08. The van der Waals surface area contributed by atoms with E-state index in [1.165, 1.54) is 17.6 Å². The van der Waals surface area contributed by atoms with E-state index in [9.17, 15) is 0 Å². The van der Waals surface area contributed by atoms with Crippen LogP contribution in [0.3, 0.4) is 0 Å². The van der Waals surface area contributed by atoms with Gasteiger partial charge >= 0.3 is 0 Å². The highest BCUT2D eigenvalue weighted by molar-refractivity contribution is 5.06. The summed E-state index contributed by atoms with van der Waals surface area (Å²) in [6, 6.07) is 0. The van der Waals surface area contributed by atoms with Gasteiger partial charge in [-0.2, -0.15) is 0 Å². The van der Waals surface area contributed by atoms with Gasteiger partial charge in [0.15, 0.2) is 0 Å². The van der Waals surface area contributed by atoms with Crippen LogP contribution in [-0.2, 0) is 4.74 Å². The van der Waals surface area contributed by atoms with Gasteiger partial charge in [0.05, 0.1) is 0 Å². The molecular weight excluding hydrogens is 136 g/mol. The predicted octanol–water partition coefficient (Wildman–Crippen LogP) is 3.16. The molecule has 0 saturated heterocycles. The molecule has 0 aromatic carbocycles. The fourth-order valence-corrected chi connectivity index (χ4v) is 0.834. The Hall–Kier alpha value is -0.300. The van der Waals surface area contributed by atoms with Crippen molar-refractivity contribution in [1.82, 2.24) is 0 Å². The molecule has 0 aliphatic carbocycles. The Morgan fingerprint density at radius 3 is 2.27 bits per heavy atom. The summed E-state index contributed by atoms with van der Waals surface area (Å²) in [4.78, 5) is 0. The largest absolute Gasteiger partial charge is 0.382 e. The van der Waals surface area contributed by atoms with E-state index in [4.69, 9.17) is 4.74 Å². The lowest BCUT2D eigenvalue weighted by Crippen LogP contribution is -1.93. The Morgan fingerprint density at radius 1 is 1.18 bits per heavy atom. The molecule has 11 heavy (non-hydrogen) atoms. The highest BCUT2D eigenvalue weighted by atomic mass is 16.5. The third-order valence-corrected chi connectivity index (χ3v) is 1.90. The fourth-order valence-electron chi connectivity index (χ4n) is 0.834. The van der Waals surface area contributed by atoms with E-state index < -0.39 is 0 Å². The van der Waals surface area contributed by atoms with Crippen LogP contribution in [0.15, 0.2) is 11.1 Å². The summed E-state index contributed by atoms with van der Waals surface area (Å²) in [5, 5.41) is 0. The van der Waals surface area contributed by atoms with E-state index >= 15 is 0 Å². The first-order valence-electron chi connectivity index (χ1n) is 4.39. The summed E-state index contributed by atoms with van der Waals surface area (Å²) in [6.45, 7) is 10.3. The van der Waals surface area contributed by atoms with Crippen LogP contribution in [-0.4, -0.2) is 13.2 Å². The Kier molecular flexibility index (Phi) is 6.24. The van der Waals surface area contributed by atoms with E-state index in [0.29, 0.717) is 0 Å². The minimum atomic E-state index is 0.841. The Balaban J connectivity index is 3.32. The zero-order valence-corrected chi connectivity index (χ0v) is 8.24. The van der Waals surface area contributed by atoms with Gasteiger partial charge in [-0.25, -0.2) is 0 Å². The van der Waals surface area contributed by atoms with Crippen LogP contribution in [0.25, 0.3) is 0 Å². The number of allylic oxidation sites excluding steroid dienone is 2. The molecule has 0 radical (unpaired) electrons. The number of ether oxygens (including phenoxy) is 1. The maximum atomic E-state index is 5.24. The monoisotopic (exact) mass is 156 g/mol. The lowest BCUT2D eigenvalue weighted by Gasteiger charge is -2.03. The molecule has 0 bridgehead atoms. The molecule has 0 amide bonds. The van der Waals surface area contributed by atoms with Gasteiger partial charge in [-0.15, -0.1) is 0 Å². The molecule has 0 heterocycles. The average Bonchev–Trinajstić information content (AvgIpc) is 1.97. The Bertz CT molecular complexity index is 121. The quantitative estimate of drug-likeness (QED) is 0.439. The molecule has 1 nitrogen and oxygen atoms in total. The van der Waals surface area contributed by atoms with E-state index in [1.54, 1.807) is 0 Å². The number of hydrogen-bond acceptors (Lipinski definition) is 1. The summed E-state index contributed by atoms with van der Waals surface area (Å²) >= 11 is 0. The number of hydrogen-bond donors (Lipinski definition) is 0. The van der Waals surface area contributed by atoms with Gasteiger partial charge in [0.2, 0.25) is 0 Å². The highest BCUT2D eigenvalue weighted by Gasteiger charge is 1.92. The van der Waals surface area contributed by atoms with Gasteiger partial charge in [0, 0.05) is 13.2 Å². The van der Waals surface area contributed by atoms with E-state index in [2.05, 4.69) is 20.8 Å². The van der Waals surface area contributed by atoms with E-state index in [1.807, 2.05) is 6.92 Å². The van der Waals surface area contributed by atoms with Gasteiger partial charge in [-0.05, 0) is 40.5 Å². The molecule has 1 heteroatoms. The molecule has 0 N–H and O–H groups in total. The second-order valence-electron chi connectivity index (χ2n) is 3.08. The zero-order valence-electron chi connectivity index (χ0n) is 8.24. The van der Waals surface area contributed by atoms with Crippen molar-refractivity contribution in [2.45, 2.75) is 40.5 Å². The van der Waals surface area contributed by atoms with Crippen molar-refractivity contribution in [3.63, 3.8) is 0 Å². The van der Waals surface area contributed by atoms with Crippen molar-refractivity contribution in [1.29, 1.82) is 0 Å². The lowest BCUT2D eigenvalue weighted by atomic mass is 10.1. The zero-order chi connectivity index (χ0) is 8.69. The molecule has 0 aromatic rings. The highest BCUT2D eigenvalue weighted by Crippen LogP contribution is 2.08. The summed E-state index contributed by atoms with van der Waals surface area (Å²) < 4.78 is 5.24. The first-order valence-corrected chi connectivity index (χ1v) is 4.39. The standard InChI is InChI=1S/C10H20O/c1-5-11-8-6-7-10(4)9(2)3/h5-8H2,1-4H3. The van der Waals surface area contributed by atoms with Crippen molar-refractivity contribution in [2.75, 3.05) is 13.2 Å². The van der Waals surface area contributed by atoms with Crippen molar-refractivity contribution in [3.8, 4) is 0 Å². The van der Waals surface area contributed by atoms with Crippen LogP contribution >= 0.6 is 0 Å². The van der Waals surface area contributed by atoms with Crippen LogP contribution in [0.4, 0.5) is 0 Å². The smallest absolute Gasteiger partial charge is 0.0468 e. The van der Waals surface area contributed by atoms with Crippen LogP contribution in [0.5, 0.6) is 0 Å². The molecule has 0 aliphatic heterocycles. The minimum absolute atomic E-state index is 0.841.